The Morgan fingerprint density at radius 2 is 1.62 bits per heavy atom. The summed E-state index contributed by atoms with van der Waals surface area (Å²) in [4.78, 5) is 6.98. The molecule has 2 aromatic heterocycles. The molecule has 250 valence electrons. The number of ether oxygens (including phenoxy) is 3. The second kappa shape index (κ2) is 13.0. The minimum atomic E-state index is -0.665. The van der Waals surface area contributed by atoms with Crippen molar-refractivity contribution >= 4 is 22.5 Å². The van der Waals surface area contributed by atoms with Gasteiger partial charge in [-0.25, -0.2) is 9.67 Å². The maximum Gasteiger partial charge on any atom is 0.218 e. The Morgan fingerprint density at radius 3 is 2.29 bits per heavy atom. The third-order valence-electron chi connectivity index (χ3n) is 9.35. The average molecular weight is 670 g/mol. The molecule has 0 radical (unpaired) electrons. The Morgan fingerprint density at radius 1 is 0.938 bits per heavy atom. The average Bonchev–Trinajstić information content (AvgIpc) is 3.50. The van der Waals surface area contributed by atoms with Crippen LogP contribution in [-0.2, 0) is 13.1 Å². The molecule has 1 aliphatic carbocycles. The number of hydrogen-bond donors (Lipinski definition) is 3. The molecule has 0 atom stereocenters. The monoisotopic (exact) mass is 669 g/mol. The lowest BCUT2D eigenvalue weighted by molar-refractivity contribution is -0.0875. The van der Waals surface area contributed by atoms with Crippen molar-refractivity contribution in [3.8, 4) is 45.5 Å². The molecule has 7 rings (SSSR count). The van der Waals surface area contributed by atoms with E-state index in [9.17, 15) is 10.2 Å². The summed E-state index contributed by atoms with van der Waals surface area (Å²) < 4.78 is 19.2. The summed E-state index contributed by atoms with van der Waals surface area (Å²) >= 11 is 7.16. The number of nitrogens with one attached hydrogen (secondary N) is 1. The first-order chi connectivity index (χ1) is 23.2. The van der Waals surface area contributed by atoms with Gasteiger partial charge in [0.2, 0.25) is 5.88 Å². The van der Waals surface area contributed by atoms with Gasteiger partial charge < -0.3 is 29.7 Å². The van der Waals surface area contributed by atoms with Gasteiger partial charge in [0, 0.05) is 66.4 Å². The molecule has 0 amide bonds. The van der Waals surface area contributed by atoms with Crippen LogP contribution in [0.3, 0.4) is 0 Å². The van der Waals surface area contributed by atoms with Gasteiger partial charge in [-0.2, -0.15) is 5.10 Å². The lowest BCUT2D eigenvalue weighted by Gasteiger charge is -2.44. The minimum Gasteiger partial charge on any atom is -0.496 e. The molecule has 48 heavy (non-hydrogen) atoms. The quantitative estimate of drug-likeness (QED) is 0.165. The summed E-state index contributed by atoms with van der Waals surface area (Å²) in [5.41, 5.74) is 6.23. The lowest BCUT2D eigenvalue weighted by atomic mass is 9.89. The van der Waals surface area contributed by atoms with E-state index in [1.807, 2.05) is 78.5 Å². The van der Waals surface area contributed by atoms with Crippen LogP contribution in [0, 0.1) is 0 Å². The Bertz CT molecular complexity index is 1940. The summed E-state index contributed by atoms with van der Waals surface area (Å²) in [5.74, 6) is 1.93. The predicted octanol–water partition coefficient (Wildman–Crippen LogP) is 5.61. The van der Waals surface area contributed by atoms with Crippen molar-refractivity contribution in [1.29, 1.82) is 0 Å². The van der Waals surface area contributed by atoms with Gasteiger partial charge in [0.1, 0.15) is 11.5 Å². The number of hydrogen-bond acceptors (Lipinski definition) is 9. The first-order valence-corrected chi connectivity index (χ1v) is 16.5. The first kappa shape index (κ1) is 32.4. The van der Waals surface area contributed by atoms with Crippen LogP contribution < -0.4 is 19.5 Å². The van der Waals surface area contributed by atoms with E-state index in [4.69, 9.17) is 35.9 Å². The van der Waals surface area contributed by atoms with E-state index in [-0.39, 0.29) is 6.10 Å². The third kappa shape index (κ3) is 6.10. The molecule has 1 aliphatic heterocycles. The Hall–Kier alpha value is -4.19. The van der Waals surface area contributed by atoms with E-state index in [0.29, 0.717) is 60.3 Å². The van der Waals surface area contributed by atoms with Crippen molar-refractivity contribution in [3.05, 3.63) is 83.0 Å². The second-order valence-electron chi connectivity index (χ2n) is 13.0. The largest absolute Gasteiger partial charge is 0.496 e. The highest BCUT2D eigenvalue weighted by molar-refractivity contribution is 6.36. The SMILES string of the molecule is COc1cc(-n2ncc3c(-c4cccc(-c5ccc(CNC6CC(O)C6)c(OC)n5)c4Cl)cccc32)cc(OC)c1CN1CC(C)(O)C1. The molecular formula is C37H40ClN5O5. The number of benzene rings is 3. The number of halogens is 1. The van der Waals surface area contributed by atoms with E-state index in [2.05, 4.69) is 10.2 Å². The van der Waals surface area contributed by atoms with Gasteiger partial charge in [-0.1, -0.05) is 48.0 Å². The summed E-state index contributed by atoms with van der Waals surface area (Å²) in [5, 5.41) is 29.6. The fourth-order valence-corrected chi connectivity index (χ4v) is 7.19. The molecule has 0 bridgehead atoms. The molecule has 3 aromatic carbocycles. The van der Waals surface area contributed by atoms with Gasteiger partial charge >= 0.3 is 0 Å². The number of fused-ring (bicyclic) bond motifs is 1. The molecule has 1 saturated heterocycles. The van der Waals surface area contributed by atoms with Gasteiger partial charge in [0.25, 0.3) is 0 Å². The molecule has 2 fully saturated rings. The number of methoxy groups -OCH3 is 3. The molecule has 3 heterocycles. The highest BCUT2D eigenvalue weighted by Gasteiger charge is 2.37. The minimum absolute atomic E-state index is 0.209. The third-order valence-corrected chi connectivity index (χ3v) is 9.76. The zero-order valence-electron chi connectivity index (χ0n) is 27.5. The Kier molecular flexibility index (Phi) is 8.78. The number of pyridine rings is 1. The van der Waals surface area contributed by atoms with Crippen molar-refractivity contribution in [2.24, 2.45) is 0 Å². The smallest absolute Gasteiger partial charge is 0.218 e. The number of rotatable bonds is 11. The molecule has 3 N–H and O–H groups in total. The van der Waals surface area contributed by atoms with E-state index < -0.39 is 5.60 Å². The fraction of sp³-hybridized carbons (Fsp3) is 0.351. The molecular weight excluding hydrogens is 630 g/mol. The predicted molar refractivity (Wildman–Crippen MR) is 186 cm³/mol. The van der Waals surface area contributed by atoms with Gasteiger partial charge in [0.05, 0.1) is 66.7 Å². The van der Waals surface area contributed by atoms with E-state index in [1.165, 1.54) is 0 Å². The van der Waals surface area contributed by atoms with Crippen molar-refractivity contribution in [2.75, 3.05) is 34.4 Å². The summed E-state index contributed by atoms with van der Waals surface area (Å²) in [6.07, 6.45) is 3.17. The number of nitrogens with zero attached hydrogens (tertiary/aromatic N) is 4. The number of β-amino-alcohol motifs (C(OH)–C–C–N with tert-alkyl or cyclic N) is 1. The Balaban J connectivity index is 1.20. The maximum absolute atomic E-state index is 10.2. The van der Waals surface area contributed by atoms with Gasteiger partial charge in [-0.3, -0.25) is 4.90 Å². The van der Waals surface area contributed by atoms with Crippen LogP contribution >= 0.6 is 11.6 Å². The van der Waals surface area contributed by atoms with Crippen LogP contribution in [0.4, 0.5) is 0 Å². The van der Waals surface area contributed by atoms with Crippen molar-refractivity contribution in [1.82, 2.24) is 25.0 Å². The topological polar surface area (TPSA) is 114 Å². The number of aromatic nitrogens is 3. The van der Waals surface area contributed by atoms with E-state index in [0.717, 1.165) is 57.2 Å². The maximum atomic E-state index is 10.2. The zero-order chi connectivity index (χ0) is 33.6. The van der Waals surface area contributed by atoms with E-state index >= 15 is 0 Å². The molecule has 0 spiro atoms. The van der Waals surface area contributed by atoms with Gasteiger partial charge in [-0.15, -0.1) is 0 Å². The Labute approximate surface area is 284 Å². The highest BCUT2D eigenvalue weighted by Crippen LogP contribution is 2.41. The van der Waals surface area contributed by atoms with Crippen LogP contribution in [0.2, 0.25) is 5.02 Å². The molecule has 0 unspecified atom stereocenters. The van der Waals surface area contributed by atoms with Crippen LogP contribution in [0.1, 0.15) is 30.9 Å². The van der Waals surface area contributed by atoms with Gasteiger partial charge in [0.15, 0.2) is 0 Å². The first-order valence-electron chi connectivity index (χ1n) is 16.1. The summed E-state index contributed by atoms with van der Waals surface area (Å²) in [6.45, 7) is 4.24. The standard InChI is InChI=1S/C37H40ClN5O5/c1-37(45)20-42(21-37)19-30-33(46-2)15-24(16-34(30)47-3)43-32-10-6-7-26(29(32)18-40-43)27-8-5-9-28(35(27)38)31-12-11-22(36(41-31)48-4)17-39-23-13-25(44)14-23/h5-12,15-16,18,23,25,39,44-45H,13-14,17,19-21H2,1-4H3. The zero-order valence-corrected chi connectivity index (χ0v) is 28.3. The molecule has 2 aliphatic rings. The van der Waals surface area contributed by atoms with Crippen LogP contribution in [-0.4, -0.2) is 82.0 Å². The van der Waals surface area contributed by atoms with Crippen LogP contribution in [0.15, 0.2) is 66.9 Å². The molecule has 11 heteroatoms. The van der Waals surface area contributed by atoms with Crippen LogP contribution in [0.25, 0.3) is 39.0 Å². The molecule has 10 nitrogen and oxygen atoms in total. The van der Waals surface area contributed by atoms with E-state index in [1.54, 1.807) is 21.3 Å². The second-order valence-corrected chi connectivity index (χ2v) is 13.4. The molecule has 1 saturated carbocycles. The summed E-state index contributed by atoms with van der Waals surface area (Å²) in [7, 11) is 4.92. The lowest BCUT2D eigenvalue weighted by Crippen LogP contribution is -2.59. The number of aliphatic hydroxyl groups excluding tert-OH is 1. The fourth-order valence-electron chi connectivity index (χ4n) is 6.87. The number of likely N-dealkylation sites (tertiary alicyclic amines) is 1. The van der Waals surface area contributed by atoms with Crippen molar-refractivity contribution < 1.29 is 24.4 Å². The normalized spacial score (nSPS) is 18.7. The van der Waals surface area contributed by atoms with Gasteiger partial charge in [-0.05, 0) is 37.5 Å². The van der Waals surface area contributed by atoms with Crippen LogP contribution in [0.5, 0.6) is 17.4 Å². The van der Waals surface area contributed by atoms with Crippen molar-refractivity contribution in [3.63, 3.8) is 0 Å². The summed E-state index contributed by atoms with van der Waals surface area (Å²) in [6, 6.07) is 20.3. The molecule has 5 aromatic rings. The van der Waals surface area contributed by atoms with Crippen molar-refractivity contribution in [2.45, 2.75) is 50.6 Å². The number of aliphatic hydroxyl groups is 2. The highest BCUT2D eigenvalue weighted by atomic mass is 35.5.